The van der Waals surface area contributed by atoms with Gasteiger partial charge in [-0.25, -0.2) is 9.78 Å². The zero-order valence-electron chi connectivity index (χ0n) is 24.4. The molecule has 0 radical (unpaired) electrons. The van der Waals surface area contributed by atoms with E-state index in [0.29, 0.717) is 23.6 Å². The van der Waals surface area contributed by atoms with E-state index in [2.05, 4.69) is 37.0 Å². The molecule has 5 aromatic rings. The van der Waals surface area contributed by atoms with Crippen LogP contribution in [0.2, 0.25) is 0 Å². The Morgan fingerprint density at radius 2 is 1.74 bits per heavy atom. The Hall–Kier alpha value is -3.08. The maximum absolute atomic E-state index is 14.1. The van der Waals surface area contributed by atoms with Crippen molar-refractivity contribution < 1.29 is 9.26 Å². The standard InChI is InChI=1S/C34H34N4O4.K.H/c1-5-8-29-28(32(39)38(21(2)35-29)25-15-16-30-24(20-25)17-18-34(3,4)41-30)19-22-11-13-23(14-12-22)26-9-6-7-10-27(26)31-36-33(40)42-37-31;;/h6-7,9-16,20H,5,8,17-19H2,1-4H3,(H,36,37,40);;. The van der Waals surface area contributed by atoms with Gasteiger partial charge in [0.1, 0.15) is 17.2 Å². The molecular weight excluding hydrogens is 567 g/mol. The van der Waals surface area contributed by atoms with Crippen LogP contribution in [0.1, 0.15) is 61.8 Å². The summed E-state index contributed by atoms with van der Waals surface area (Å²) in [5, 5.41) is 3.86. The fourth-order valence-electron chi connectivity index (χ4n) is 5.72. The van der Waals surface area contributed by atoms with E-state index in [-0.39, 0.29) is 62.5 Å². The maximum atomic E-state index is 14.1. The van der Waals surface area contributed by atoms with Crippen molar-refractivity contribution in [1.82, 2.24) is 19.7 Å². The summed E-state index contributed by atoms with van der Waals surface area (Å²) in [7, 11) is 0. The number of fused-ring (bicyclic) bond motifs is 1. The van der Waals surface area contributed by atoms with Crippen LogP contribution in [0.25, 0.3) is 28.2 Å². The second-order valence-corrected chi connectivity index (χ2v) is 11.5. The Bertz CT molecular complexity index is 1890. The topological polar surface area (TPSA) is 103 Å². The summed E-state index contributed by atoms with van der Waals surface area (Å²) in [6.07, 6.45) is 3.94. The number of nitrogens with one attached hydrogen (secondary N) is 1. The van der Waals surface area contributed by atoms with Gasteiger partial charge in [-0.3, -0.25) is 18.9 Å². The molecule has 1 N–H and O–H groups in total. The molecule has 0 fully saturated rings. The van der Waals surface area contributed by atoms with E-state index in [1.165, 1.54) is 0 Å². The first-order valence-corrected chi connectivity index (χ1v) is 14.4. The number of rotatable bonds is 7. The fraction of sp³-hybridized carbons (Fsp3) is 0.294. The Morgan fingerprint density at radius 3 is 2.44 bits per heavy atom. The first-order valence-electron chi connectivity index (χ1n) is 14.4. The second kappa shape index (κ2) is 12.9. The number of ether oxygens (including phenoxy) is 1. The predicted octanol–water partition coefficient (Wildman–Crippen LogP) is 5.55. The molecule has 3 aromatic carbocycles. The Labute approximate surface area is 292 Å². The zero-order valence-corrected chi connectivity index (χ0v) is 24.4. The Morgan fingerprint density at radius 1 is 1.00 bits per heavy atom. The molecule has 0 spiro atoms. The third kappa shape index (κ3) is 6.56. The molecule has 6 rings (SSSR count). The minimum absolute atomic E-state index is 0. The van der Waals surface area contributed by atoms with Crippen LogP contribution in [0.5, 0.6) is 5.75 Å². The van der Waals surface area contributed by atoms with Gasteiger partial charge in [0, 0.05) is 17.5 Å². The molecule has 0 saturated carbocycles. The van der Waals surface area contributed by atoms with Crippen molar-refractivity contribution >= 4 is 51.4 Å². The summed E-state index contributed by atoms with van der Waals surface area (Å²) in [6.45, 7) is 8.21. The van der Waals surface area contributed by atoms with Gasteiger partial charge in [-0.2, -0.15) is 0 Å². The number of aromatic amines is 1. The van der Waals surface area contributed by atoms with Crippen molar-refractivity contribution in [3.8, 4) is 34.0 Å². The molecule has 8 nitrogen and oxygen atoms in total. The van der Waals surface area contributed by atoms with Crippen LogP contribution in [0.15, 0.2) is 80.8 Å². The monoisotopic (exact) mass is 602 g/mol. The molecule has 43 heavy (non-hydrogen) atoms. The third-order valence-electron chi connectivity index (χ3n) is 7.87. The summed E-state index contributed by atoms with van der Waals surface area (Å²) in [5.74, 6) is 1.35. The van der Waals surface area contributed by atoms with E-state index >= 15 is 0 Å². The van der Waals surface area contributed by atoms with Gasteiger partial charge in [-0.15, -0.1) is 0 Å². The van der Waals surface area contributed by atoms with Gasteiger partial charge in [-0.1, -0.05) is 67.0 Å². The van der Waals surface area contributed by atoms with Crippen LogP contribution < -0.4 is 16.1 Å². The number of aromatic nitrogens is 4. The van der Waals surface area contributed by atoms with E-state index in [4.69, 9.17) is 14.2 Å². The van der Waals surface area contributed by atoms with Crippen LogP contribution in [0.3, 0.4) is 0 Å². The van der Waals surface area contributed by atoms with Crippen LogP contribution >= 0.6 is 0 Å². The number of nitrogens with zero attached hydrogens (tertiary/aromatic N) is 3. The first kappa shape index (κ1) is 31.3. The predicted molar refractivity (Wildman–Crippen MR) is 170 cm³/mol. The van der Waals surface area contributed by atoms with Crippen molar-refractivity contribution in [3.63, 3.8) is 0 Å². The molecule has 1 aliphatic rings. The number of hydrogen-bond acceptors (Lipinski definition) is 6. The minimum atomic E-state index is -0.594. The molecule has 0 atom stereocenters. The van der Waals surface area contributed by atoms with E-state index in [1.807, 2.05) is 67.6 Å². The van der Waals surface area contributed by atoms with Crippen LogP contribution in [0.4, 0.5) is 0 Å². The molecule has 0 aliphatic carbocycles. The van der Waals surface area contributed by atoms with Crippen molar-refractivity contribution in [2.45, 2.75) is 65.4 Å². The Kier molecular flexibility index (Phi) is 9.39. The third-order valence-corrected chi connectivity index (χ3v) is 7.87. The van der Waals surface area contributed by atoms with Crippen molar-refractivity contribution in [1.29, 1.82) is 0 Å². The molecule has 3 heterocycles. The van der Waals surface area contributed by atoms with Gasteiger partial charge < -0.3 is 4.74 Å². The van der Waals surface area contributed by atoms with Gasteiger partial charge in [0.2, 0.25) is 0 Å². The SMILES string of the molecule is CCCc1nc(C)n(-c2ccc3c(c2)CCC(C)(C)O3)c(=O)c1Cc1ccc(-c2ccccc2-c2noc(=O)[nH]2)cc1.[KH]. The van der Waals surface area contributed by atoms with Gasteiger partial charge >= 0.3 is 57.1 Å². The van der Waals surface area contributed by atoms with Crippen LogP contribution in [-0.4, -0.2) is 76.7 Å². The molecule has 2 aromatic heterocycles. The van der Waals surface area contributed by atoms with E-state index < -0.39 is 5.76 Å². The van der Waals surface area contributed by atoms with Gasteiger partial charge in [0.05, 0.1) is 11.4 Å². The molecule has 0 saturated heterocycles. The molecule has 0 bridgehead atoms. The summed E-state index contributed by atoms with van der Waals surface area (Å²) >= 11 is 0. The molecule has 9 heteroatoms. The number of benzene rings is 3. The number of aryl methyl sites for hydroxylation is 3. The average Bonchev–Trinajstić information content (AvgIpc) is 3.41. The summed E-state index contributed by atoms with van der Waals surface area (Å²) in [5.41, 5.74) is 6.93. The Balaban J connectivity index is 0.00000368. The zero-order chi connectivity index (χ0) is 29.4. The number of hydrogen-bond donors (Lipinski definition) is 1. The van der Waals surface area contributed by atoms with E-state index in [1.54, 1.807) is 4.57 Å². The number of H-pyrrole nitrogens is 1. The van der Waals surface area contributed by atoms with Gasteiger partial charge in [0.25, 0.3) is 5.56 Å². The molecular formula is C34H35KN4O4. The summed E-state index contributed by atoms with van der Waals surface area (Å²) < 4.78 is 12.6. The van der Waals surface area contributed by atoms with E-state index in [0.717, 1.165) is 70.6 Å². The van der Waals surface area contributed by atoms with Crippen molar-refractivity contribution in [2.24, 2.45) is 0 Å². The van der Waals surface area contributed by atoms with Gasteiger partial charge in [0.15, 0.2) is 5.82 Å². The van der Waals surface area contributed by atoms with Crippen molar-refractivity contribution in [2.75, 3.05) is 0 Å². The average molecular weight is 603 g/mol. The van der Waals surface area contributed by atoms with Crippen LogP contribution in [-0.2, 0) is 19.3 Å². The fourth-order valence-corrected chi connectivity index (χ4v) is 5.72. The normalized spacial score (nSPS) is 13.6. The molecule has 0 unspecified atom stereocenters. The summed E-state index contributed by atoms with van der Waals surface area (Å²) in [4.78, 5) is 33.2. The van der Waals surface area contributed by atoms with Crippen molar-refractivity contribution in [3.05, 3.63) is 116 Å². The summed E-state index contributed by atoms with van der Waals surface area (Å²) in [6, 6.07) is 21.8. The molecule has 216 valence electrons. The van der Waals surface area contributed by atoms with Crippen LogP contribution in [0, 0.1) is 6.92 Å². The molecule has 0 amide bonds. The van der Waals surface area contributed by atoms with Gasteiger partial charge in [-0.05, 0) is 80.5 Å². The van der Waals surface area contributed by atoms with E-state index in [9.17, 15) is 9.59 Å². The second-order valence-electron chi connectivity index (χ2n) is 11.5. The molecule has 1 aliphatic heterocycles. The quantitative estimate of drug-likeness (QED) is 0.245. The first-order chi connectivity index (χ1) is 20.2.